The number of nitrogens with one attached hydrogen (secondary N) is 1. The molecule has 1 aromatic heterocycles. The van der Waals surface area contributed by atoms with Gasteiger partial charge < -0.3 is 10.4 Å². The molecule has 0 spiro atoms. The number of aromatic carboxylic acids is 1. The second-order valence-electron chi connectivity index (χ2n) is 2.48. The molecule has 4 nitrogen and oxygen atoms in total. The molecule has 0 bridgehead atoms. The summed E-state index contributed by atoms with van der Waals surface area (Å²) in [5.74, 6) is -1.25. The molecule has 0 saturated carbocycles. The van der Waals surface area contributed by atoms with Crippen LogP contribution in [0.4, 0.5) is 14.5 Å². The molecular weight excluding hydrogens is 194 g/mol. The number of rotatable bonds is 4. The van der Waals surface area contributed by atoms with Crippen molar-refractivity contribution in [3.8, 4) is 0 Å². The van der Waals surface area contributed by atoms with Crippen molar-refractivity contribution in [2.24, 2.45) is 0 Å². The summed E-state index contributed by atoms with van der Waals surface area (Å²) < 4.78 is 23.6. The second-order valence-corrected chi connectivity index (χ2v) is 2.48. The summed E-state index contributed by atoms with van der Waals surface area (Å²) in [6, 6.07) is 2.86. The van der Waals surface area contributed by atoms with Gasteiger partial charge in [-0.25, -0.2) is 18.6 Å². The fourth-order valence-electron chi connectivity index (χ4n) is 0.905. The quantitative estimate of drug-likeness (QED) is 0.775. The van der Waals surface area contributed by atoms with E-state index in [1.807, 2.05) is 0 Å². The molecule has 0 aliphatic heterocycles. The van der Waals surface area contributed by atoms with E-state index in [1.165, 1.54) is 18.3 Å². The minimum atomic E-state index is -2.53. The van der Waals surface area contributed by atoms with Crippen LogP contribution in [0.5, 0.6) is 0 Å². The smallest absolute Gasteiger partial charge is 0.356 e. The van der Waals surface area contributed by atoms with Gasteiger partial charge in [-0.1, -0.05) is 0 Å². The van der Waals surface area contributed by atoms with E-state index in [9.17, 15) is 13.6 Å². The third-order valence-electron chi connectivity index (χ3n) is 1.46. The number of aromatic nitrogens is 1. The van der Waals surface area contributed by atoms with E-state index in [-0.39, 0.29) is 11.4 Å². The van der Waals surface area contributed by atoms with Crippen molar-refractivity contribution in [1.82, 2.24) is 4.98 Å². The van der Waals surface area contributed by atoms with Crippen LogP contribution in [0.15, 0.2) is 18.3 Å². The highest BCUT2D eigenvalue weighted by molar-refractivity contribution is 5.91. The molecule has 1 rings (SSSR count). The lowest BCUT2D eigenvalue weighted by atomic mass is 10.3. The van der Waals surface area contributed by atoms with Crippen molar-refractivity contribution < 1.29 is 18.7 Å². The van der Waals surface area contributed by atoms with E-state index in [4.69, 9.17) is 5.11 Å². The van der Waals surface area contributed by atoms with Crippen LogP contribution in [-0.2, 0) is 0 Å². The Kier molecular flexibility index (Phi) is 3.33. The Morgan fingerprint density at radius 2 is 2.36 bits per heavy atom. The summed E-state index contributed by atoms with van der Waals surface area (Å²) in [4.78, 5) is 14.1. The number of alkyl halides is 2. The number of carbonyl (C=O) groups is 1. The maximum Gasteiger partial charge on any atom is 0.356 e. The van der Waals surface area contributed by atoms with Crippen LogP contribution in [0.2, 0.25) is 0 Å². The van der Waals surface area contributed by atoms with Gasteiger partial charge in [-0.05, 0) is 12.1 Å². The topological polar surface area (TPSA) is 62.2 Å². The first kappa shape index (κ1) is 10.4. The molecule has 0 amide bonds. The molecular formula is C8H8F2N2O2. The molecule has 76 valence electrons. The normalized spacial score (nSPS) is 10.2. The third kappa shape index (κ3) is 2.65. The van der Waals surface area contributed by atoms with Crippen LogP contribution in [0.3, 0.4) is 0 Å². The Bertz CT molecular complexity index is 331. The van der Waals surface area contributed by atoms with E-state index in [0.29, 0.717) is 0 Å². The molecule has 1 heterocycles. The number of nitrogens with zero attached hydrogens (tertiary/aromatic N) is 1. The molecule has 0 atom stereocenters. The summed E-state index contributed by atoms with van der Waals surface area (Å²) >= 11 is 0. The Morgan fingerprint density at radius 3 is 2.93 bits per heavy atom. The van der Waals surface area contributed by atoms with Crippen LogP contribution in [0, 0.1) is 0 Å². The number of hydrogen-bond donors (Lipinski definition) is 2. The van der Waals surface area contributed by atoms with Gasteiger partial charge in [0.2, 0.25) is 0 Å². The Balaban J connectivity index is 2.79. The SMILES string of the molecule is O=C(O)c1ncccc1NCC(F)F. The molecule has 0 unspecified atom stereocenters. The van der Waals surface area contributed by atoms with Crippen LogP contribution < -0.4 is 5.32 Å². The van der Waals surface area contributed by atoms with Gasteiger partial charge in [-0.15, -0.1) is 0 Å². The van der Waals surface area contributed by atoms with Crippen molar-refractivity contribution in [3.63, 3.8) is 0 Å². The van der Waals surface area contributed by atoms with Crippen molar-refractivity contribution in [2.45, 2.75) is 6.43 Å². The molecule has 0 aliphatic rings. The summed E-state index contributed by atoms with van der Waals surface area (Å²) in [5.41, 5.74) is -0.159. The molecule has 0 fully saturated rings. The average molecular weight is 202 g/mol. The zero-order chi connectivity index (χ0) is 10.6. The molecule has 0 aromatic carbocycles. The highest BCUT2D eigenvalue weighted by Gasteiger charge is 2.11. The molecule has 6 heteroatoms. The van der Waals surface area contributed by atoms with E-state index < -0.39 is 18.9 Å². The van der Waals surface area contributed by atoms with Crippen molar-refractivity contribution >= 4 is 11.7 Å². The molecule has 0 saturated heterocycles. The summed E-state index contributed by atoms with van der Waals surface area (Å²) in [7, 11) is 0. The molecule has 2 N–H and O–H groups in total. The lowest BCUT2D eigenvalue weighted by Gasteiger charge is -2.07. The van der Waals surface area contributed by atoms with Gasteiger partial charge in [0, 0.05) is 6.20 Å². The van der Waals surface area contributed by atoms with E-state index in [1.54, 1.807) is 0 Å². The van der Waals surface area contributed by atoms with E-state index >= 15 is 0 Å². The number of carboxylic acids is 1. The number of hydrogen-bond acceptors (Lipinski definition) is 3. The predicted molar refractivity (Wildman–Crippen MR) is 45.7 cm³/mol. The van der Waals surface area contributed by atoms with Gasteiger partial charge in [0.15, 0.2) is 5.69 Å². The van der Waals surface area contributed by atoms with E-state index in [0.717, 1.165) is 0 Å². The first-order valence-electron chi connectivity index (χ1n) is 3.81. The highest BCUT2D eigenvalue weighted by atomic mass is 19.3. The lowest BCUT2D eigenvalue weighted by Crippen LogP contribution is -2.14. The van der Waals surface area contributed by atoms with Crippen LogP contribution in [0.1, 0.15) is 10.5 Å². The number of halogens is 2. The van der Waals surface area contributed by atoms with Crippen molar-refractivity contribution in [2.75, 3.05) is 11.9 Å². The standard InChI is InChI=1S/C8H8F2N2O2/c9-6(10)4-12-5-2-1-3-11-7(5)8(13)14/h1-3,6,12H,4H2,(H,13,14). The minimum absolute atomic E-state index is 0.0975. The lowest BCUT2D eigenvalue weighted by molar-refractivity contribution is 0.0691. The van der Waals surface area contributed by atoms with Crippen LogP contribution in [-0.4, -0.2) is 29.0 Å². The van der Waals surface area contributed by atoms with Crippen molar-refractivity contribution in [3.05, 3.63) is 24.0 Å². The average Bonchev–Trinajstić information content (AvgIpc) is 2.15. The van der Waals surface area contributed by atoms with Crippen LogP contribution >= 0.6 is 0 Å². The monoisotopic (exact) mass is 202 g/mol. The van der Waals surface area contributed by atoms with Gasteiger partial charge in [0.25, 0.3) is 6.43 Å². The largest absolute Gasteiger partial charge is 0.476 e. The fraction of sp³-hybridized carbons (Fsp3) is 0.250. The Labute approximate surface area is 78.6 Å². The first-order valence-corrected chi connectivity index (χ1v) is 3.81. The van der Waals surface area contributed by atoms with Gasteiger partial charge in [0.05, 0.1) is 12.2 Å². The summed E-state index contributed by atoms with van der Waals surface area (Å²) in [5, 5.41) is 10.9. The zero-order valence-corrected chi connectivity index (χ0v) is 7.08. The molecule has 0 radical (unpaired) electrons. The molecule has 0 aliphatic carbocycles. The maximum absolute atomic E-state index is 11.8. The summed E-state index contributed by atoms with van der Waals surface area (Å²) in [6.45, 7) is -0.591. The summed E-state index contributed by atoms with van der Waals surface area (Å²) in [6.07, 6.45) is -1.24. The predicted octanol–water partition coefficient (Wildman–Crippen LogP) is 1.46. The Morgan fingerprint density at radius 1 is 1.64 bits per heavy atom. The number of carboxylic acid groups (broad SMARTS) is 1. The third-order valence-corrected chi connectivity index (χ3v) is 1.46. The number of anilines is 1. The Hall–Kier alpha value is -1.72. The van der Waals surface area contributed by atoms with E-state index in [2.05, 4.69) is 10.3 Å². The van der Waals surface area contributed by atoms with Gasteiger partial charge in [-0.3, -0.25) is 0 Å². The molecule has 14 heavy (non-hydrogen) atoms. The van der Waals surface area contributed by atoms with Gasteiger partial charge >= 0.3 is 5.97 Å². The fourth-order valence-corrected chi connectivity index (χ4v) is 0.905. The first-order chi connectivity index (χ1) is 6.61. The minimum Gasteiger partial charge on any atom is -0.476 e. The highest BCUT2D eigenvalue weighted by Crippen LogP contribution is 2.12. The zero-order valence-electron chi connectivity index (χ0n) is 7.08. The number of pyridine rings is 1. The second kappa shape index (κ2) is 4.50. The van der Waals surface area contributed by atoms with Crippen LogP contribution in [0.25, 0.3) is 0 Å². The maximum atomic E-state index is 11.8. The van der Waals surface area contributed by atoms with Crippen molar-refractivity contribution in [1.29, 1.82) is 0 Å². The van der Waals surface area contributed by atoms with Gasteiger partial charge in [-0.2, -0.15) is 0 Å². The molecule has 1 aromatic rings. The van der Waals surface area contributed by atoms with Gasteiger partial charge in [0.1, 0.15) is 0 Å².